The first-order chi connectivity index (χ1) is 6.80. The second-order valence-electron chi connectivity index (χ2n) is 3.48. The molecule has 0 amide bonds. The van der Waals surface area contributed by atoms with Gasteiger partial charge in [-0.1, -0.05) is 6.08 Å². The second kappa shape index (κ2) is 5.39. The maximum absolute atomic E-state index is 8.59. The lowest BCUT2D eigenvalue weighted by atomic mass is 10.1. The van der Waals surface area contributed by atoms with E-state index in [9.17, 15) is 0 Å². The van der Waals surface area contributed by atoms with Crippen LogP contribution in [-0.4, -0.2) is 42.6 Å². The van der Waals surface area contributed by atoms with Gasteiger partial charge in [0.25, 0.3) is 0 Å². The molecule has 0 bridgehead atoms. The summed E-state index contributed by atoms with van der Waals surface area (Å²) in [6.07, 6.45) is 1.90. The largest absolute Gasteiger partial charge is 0.277 e. The van der Waals surface area contributed by atoms with Crippen molar-refractivity contribution in [2.75, 3.05) is 32.8 Å². The predicted molar refractivity (Wildman–Crippen MR) is 52.9 cm³/mol. The van der Waals surface area contributed by atoms with Crippen molar-refractivity contribution in [3.63, 3.8) is 0 Å². The zero-order valence-electron chi connectivity index (χ0n) is 8.19. The maximum Gasteiger partial charge on any atom is 0.0876 e. The molecular weight excluding hydrogens is 176 g/mol. The Bertz CT molecular complexity index is 249. The molecule has 0 aromatic carbocycles. The van der Waals surface area contributed by atoms with Gasteiger partial charge in [-0.05, 0) is 0 Å². The van der Waals surface area contributed by atoms with Crippen molar-refractivity contribution >= 4 is 0 Å². The highest BCUT2D eigenvalue weighted by Gasteiger charge is 2.22. The molecule has 1 saturated heterocycles. The molecule has 0 aromatic heterocycles. The van der Waals surface area contributed by atoms with E-state index in [1.54, 1.807) is 0 Å². The van der Waals surface area contributed by atoms with Gasteiger partial charge in [-0.2, -0.15) is 10.5 Å². The summed E-state index contributed by atoms with van der Waals surface area (Å²) in [4.78, 5) is 4.07. The average molecular weight is 190 g/mol. The summed E-state index contributed by atoms with van der Waals surface area (Å²) >= 11 is 0. The molecule has 0 spiro atoms. The SMILES string of the molecule is C=CC1CN(CC#N)CN(CC#N)C1. The summed E-state index contributed by atoms with van der Waals surface area (Å²) in [6, 6.07) is 4.25. The Kier molecular flexibility index (Phi) is 4.12. The molecular formula is C10H14N4. The van der Waals surface area contributed by atoms with Crippen LogP contribution >= 0.6 is 0 Å². The van der Waals surface area contributed by atoms with Gasteiger partial charge in [0.05, 0.1) is 31.9 Å². The maximum atomic E-state index is 8.59. The van der Waals surface area contributed by atoms with Crippen molar-refractivity contribution < 1.29 is 0 Å². The standard InChI is InChI=1S/C10H14N4/c1-2-10-7-13(5-3-11)9-14(8-10)6-4-12/h2,10H,1,5-9H2. The lowest BCUT2D eigenvalue weighted by Crippen LogP contribution is -2.49. The minimum Gasteiger partial charge on any atom is -0.277 e. The number of rotatable bonds is 3. The third-order valence-electron chi connectivity index (χ3n) is 2.31. The Labute approximate surface area is 84.6 Å². The molecule has 0 saturated carbocycles. The summed E-state index contributed by atoms with van der Waals surface area (Å²) < 4.78 is 0. The van der Waals surface area contributed by atoms with Crippen LogP contribution in [0, 0.1) is 28.6 Å². The molecule has 0 radical (unpaired) electrons. The van der Waals surface area contributed by atoms with Crippen LogP contribution in [0.3, 0.4) is 0 Å². The highest BCUT2D eigenvalue weighted by molar-refractivity contribution is 4.92. The van der Waals surface area contributed by atoms with Crippen LogP contribution in [0.5, 0.6) is 0 Å². The summed E-state index contributed by atoms with van der Waals surface area (Å²) in [6.45, 7) is 7.06. The molecule has 1 aliphatic heterocycles. The van der Waals surface area contributed by atoms with Gasteiger partial charge in [0.2, 0.25) is 0 Å². The van der Waals surface area contributed by atoms with Crippen LogP contribution < -0.4 is 0 Å². The van der Waals surface area contributed by atoms with Crippen LogP contribution in [0.2, 0.25) is 0 Å². The fraction of sp³-hybridized carbons (Fsp3) is 0.600. The van der Waals surface area contributed by atoms with Crippen molar-refractivity contribution in [2.24, 2.45) is 5.92 Å². The Hall–Kier alpha value is -1.36. The van der Waals surface area contributed by atoms with Crippen LogP contribution in [0.1, 0.15) is 0 Å². The average Bonchev–Trinajstić information content (AvgIpc) is 2.18. The minimum atomic E-state index is 0.366. The van der Waals surface area contributed by atoms with E-state index in [2.05, 4.69) is 18.7 Å². The van der Waals surface area contributed by atoms with Gasteiger partial charge in [-0.3, -0.25) is 9.80 Å². The molecule has 1 rings (SSSR count). The second-order valence-corrected chi connectivity index (χ2v) is 3.48. The predicted octanol–water partition coefficient (Wildman–Crippen LogP) is 0.411. The summed E-state index contributed by atoms with van der Waals surface area (Å²) in [5.74, 6) is 0.366. The van der Waals surface area contributed by atoms with Crippen LogP contribution in [-0.2, 0) is 0 Å². The van der Waals surface area contributed by atoms with Crippen molar-refractivity contribution in [1.29, 1.82) is 10.5 Å². The molecule has 0 unspecified atom stereocenters. The molecule has 0 aliphatic carbocycles. The zero-order valence-corrected chi connectivity index (χ0v) is 8.19. The fourth-order valence-corrected chi connectivity index (χ4v) is 1.70. The molecule has 14 heavy (non-hydrogen) atoms. The minimum absolute atomic E-state index is 0.366. The van der Waals surface area contributed by atoms with E-state index in [4.69, 9.17) is 10.5 Å². The van der Waals surface area contributed by atoms with Gasteiger partial charge in [0.15, 0.2) is 0 Å². The van der Waals surface area contributed by atoms with Gasteiger partial charge in [-0.25, -0.2) is 0 Å². The van der Waals surface area contributed by atoms with E-state index < -0.39 is 0 Å². The number of hydrogen-bond acceptors (Lipinski definition) is 4. The number of nitriles is 2. The Morgan fingerprint density at radius 1 is 1.21 bits per heavy atom. The first kappa shape index (κ1) is 10.7. The molecule has 4 nitrogen and oxygen atoms in total. The fourth-order valence-electron chi connectivity index (χ4n) is 1.70. The Balaban J connectivity index is 2.53. The molecule has 1 heterocycles. The lowest BCUT2D eigenvalue weighted by molar-refractivity contribution is 0.0832. The van der Waals surface area contributed by atoms with E-state index in [1.807, 2.05) is 15.9 Å². The molecule has 0 atom stereocenters. The Morgan fingerprint density at radius 2 is 1.71 bits per heavy atom. The zero-order chi connectivity index (χ0) is 10.4. The Morgan fingerprint density at radius 3 is 2.07 bits per heavy atom. The van der Waals surface area contributed by atoms with Gasteiger partial charge >= 0.3 is 0 Å². The third-order valence-corrected chi connectivity index (χ3v) is 2.31. The lowest BCUT2D eigenvalue weighted by Gasteiger charge is -2.36. The van der Waals surface area contributed by atoms with Gasteiger partial charge in [0.1, 0.15) is 0 Å². The summed E-state index contributed by atoms with van der Waals surface area (Å²) in [7, 11) is 0. The van der Waals surface area contributed by atoms with E-state index in [-0.39, 0.29) is 0 Å². The molecule has 0 N–H and O–H groups in total. The summed E-state index contributed by atoms with van der Waals surface area (Å²) in [5, 5.41) is 17.2. The van der Waals surface area contributed by atoms with E-state index in [0.717, 1.165) is 13.1 Å². The van der Waals surface area contributed by atoms with Gasteiger partial charge < -0.3 is 0 Å². The molecule has 0 aromatic rings. The van der Waals surface area contributed by atoms with Crippen molar-refractivity contribution in [3.8, 4) is 12.1 Å². The number of hydrogen-bond donors (Lipinski definition) is 0. The van der Waals surface area contributed by atoms with Crippen LogP contribution in [0.4, 0.5) is 0 Å². The first-order valence-electron chi connectivity index (χ1n) is 4.61. The molecule has 74 valence electrons. The molecule has 4 heteroatoms. The van der Waals surface area contributed by atoms with Gasteiger partial charge in [-0.15, -0.1) is 6.58 Å². The van der Waals surface area contributed by atoms with E-state index >= 15 is 0 Å². The van der Waals surface area contributed by atoms with Crippen molar-refractivity contribution in [3.05, 3.63) is 12.7 Å². The highest BCUT2D eigenvalue weighted by Crippen LogP contribution is 2.12. The topological polar surface area (TPSA) is 54.1 Å². The number of nitrogens with zero attached hydrogens (tertiary/aromatic N) is 4. The molecule has 1 aliphatic rings. The van der Waals surface area contributed by atoms with Crippen LogP contribution in [0.15, 0.2) is 12.7 Å². The monoisotopic (exact) mass is 190 g/mol. The smallest absolute Gasteiger partial charge is 0.0876 e. The highest BCUT2D eigenvalue weighted by atomic mass is 15.3. The quantitative estimate of drug-likeness (QED) is 0.478. The van der Waals surface area contributed by atoms with E-state index in [1.165, 1.54) is 0 Å². The summed E-state index contributed by atoms with van der Waals surface area (Å²) in [5.41, 5.74) is 0. The first-order valence-corrected chi connectivity index (χ1v) is 4.61. The normalized spacial score (nSPS) is 19.9. The van der Waals surface area contributed by atoms with Crippen molar-refractivity contribution in [1.82, 2.24) is 9.80 Å². The van der Waals surface area contributed by atoms with Crippen molar-refractivity contribution in [2.45, 2.75) is 0 Å². The van der Waals surface area contributed by atoms with Crippen LogP contribution in [0.25, 0.3) is 0 Å². The third kappa shape index (κ3) is 2.85. The molecule has 1 fully saturated rings. The van der Waals surface area contributed by atoms with Gasteiger partial charge in [0, 0.05) is 19.0 Å². The van der Waals surface area contributed by atoms with E-state index in [0.29, 0.717) is 25.7 Å².